The SMILES string of the molecule is COc1cc(C(=O)NNC(=O)c2cc(OC)c(OC)c(OC)c2)ccc1OCCC(C)C. The molecule has 32 heavy (non-hydrogen) atoms. The van der Waals surface area contributed by atoms with Crippen LogP contribution in [0.3, 0.4) is 0 Å². The Hall–Kier alpha value is -3.62. The minimum Gasteiger partial charge on any atom is -0.493 e. The maximum absolute atomic E-state index is 12.5. The fourth-order valence-corrected chi connectivity index (χ4v) is 2.80. The molecule has 2 rings (SSSR count). The van der Waals surface area contributed by atoms with Crippen LogP contribution >= 0.6 is 0 Å². The van der Waals surface area contributed by atoms with Crippen LogP contribution in [0.15, 0.2) is 30.3 Å². The minimum atomic E-state index is -0.557. The van der Waals surface area contributed by atoms with E-state index >= 15 is 0 Å². The molecule has 2 N–H and O–H groups in total. The molecule has 0 heterocycles. The molecule has 9 nitrogen and oxygen atoms in total. The molecule has 0 fully saturated rings. The van der Waals surface area contributed by atoms with Crippen molar-refractivity contribution in [3.05, 3.63) is 41.5 Å². The van der Waals surface area contributed by atoms with Crippen LogP contribution in [0, 0.1) is 5.92 Å². The maximum Gasteiger partial charge on any atom is 0.269 e. The van der Waals surface area contributed by atoms with Crippen molar-refractivity contribution in [2.24, 2.45) is 5.92 Å². The van der Waals surface area contributed by atoms with E-state index in [0.717, 1.165) is 6.42 Å². The molecule has 0 atom stereocenters. The zero-order chi connectivity index (χ0) is 23.7. The number of amides is 2. The first-order chi connectivity index (χ1) is 15.3. The van der Waals surface area contributed by atoms with Gasteiger partial charge in [-0.05, 0) is 42.7 Å². The molecule has 0 bridgehead atoms. The van der Waals surface area contributed by atoms with Crippen molar-refractivity contribution >= 4 is 11.8 Å². The van der Waals surface area contributed by atoms with E-state index in [9.17, 15) is 9.59 Å². The van der Waals surface area contributed by atoms with Crippen LogP contribution in [-0.2, 0) is 0 Å². The topological polar surface area (TPSA) is 104 Å². The number of methoxy groups -OCH3 is 4. The molecule has 0 unspecified atom stereocenters. The Balaban J connectivity index is 2.08. The number of ether oxygens (including phenoxy) is 5. The summed E-state index contributed by atoms with van der Waals surface area (Å²) in [5.41, 5.74) is 5.26. The van der Waals surface area contributed by atoms with E-state index < -0.39 is 11.8 Å². The van der Waals surface area contributed by atoms with Gasteiger partial charge in [0, 0.05) is 11.1 Å². The monoisotopic (exact) mass is 446 g/mol. The quantitative estimate of drug-likeness (QED) is 0.540. The van der Waals surface area contributed by atoms with Crippen molar-refractivity contribution in [1.29, 1.82) is 0 Å². The molecule has 0 radical (unpaired) electrons. The first-order valence-corrected chi connectivity index (χ1v) is 10.1. The Morgan fingerprint density at radius 2 is 1.28 bits per heavy atom. The normalized spacial score (nSPS) is 10.3. The van der Waals surface area contributed by atoms with Gasteiger partial charge in [-0.25, -0.2) is 0 Å². The van der Waals surface area contributed by atoms with Gasteiger partial charge in [0.25, 0.3) is 11.8 Å². The van der Waals surface area contributed by atoms with E-state index in [1.807, 2.05) is 0 Å². The number of carbonyl (C=O) groups is 2. The Morgan fingerprint density at radius 3 is 1.78 bits per heavy atom. The number of benzene rings is 2. The smallest absolute Gasteiger partial charge is 0.269 e. The molecule has 0 saturated carbocycles. The lowest BCUT2D eigenvalue weighted by molar-refractivity contribution is 0.0846. The van der Waals surface area contributed by atoms with Gasteiger partial charge in [-0.1, -0.05) is 13.8 Å². The summed E-state index contributed by atoms with van der Waals surface area (Å²) >= 11 is 0. The number of carbonyl (C=O) groups excluding carboxylic acids is 2. The summed E-state index contributed by atoms with van der Waals surface area (Å²) < 4.78 is 26.8. The zero-order valence-electron chi connectivity index (χ0n) is 19.2. The van der Waals surface area contributed by atoms with Crippen LogP contribution in [-0.4, -0.2) is 46.9 Å². The van der Waals surface area contributed by atoms with Gasteiger partial charge in [-0.2, -0.15) is 0 Å². The second kappa shape index (κ2) is 11.7. The number of hydrogen-bond acceptors (Lipinski definition) is 7. The summed E-state index contributed by atoms with van der Waals surface area (Å²) in [7, 11) is 5.86. The standard InChI is InChI=1S/C23H30N2O7/c1-14(2)9-10-32-17-8-7-15(11-18(17)28-3)22(26)24-25-23(27)16-12-19(29-4)21(31-6)20(13-16)30-5/h7-8,11-14H,9-10H2,1-6H3,(H,24,26)(H,25,27). The van der Waals surface area contributed by atoms with Gasteiger partial charge < -0.3 is 23.7 Å². The second-order valence-corrected chi connectivity index (χ2v) is 7.22. The third-order valence-electron chi connectivity index (χ3n) is 4.60. The largest absolute Gasteiger partial charge is 0.493 e. The Kier molecular flexibility index (Phi) is 9.00. The van der Waals surface area contributed by atoms with Crippen molar-refractivity contribution in [3.8, 4) is 28.7 Å². The minimum absolute atomic E-state index is 0.214. The summed E-state index contributed by atoms with van der Waals surface area (Å²) in [4.78, 5) is 25.1. The molecule has 2 aromatic rings. The van der Waals surface area contributed by atoms with Crippen LogP contribution in [0.4, 0.5) is 0 Å². The fraction of sp³-hybridized carbons (Fsp3) is 0.391. The number of nitrogens with one attached hydrogen (secondary N) is 2. The summed E-state index contributed by atoms with van der Waals surface area (Å²) in [6.07, 6.45) is 0.901. The van der Waals surface area contributed by atoms with Crippen molar-refractivity contribution in [3.63, 3.8) is 0 Å². The van der Waals surface area contributed by atoms with Gasteiger partial charge in [0.05, 0.1) is 35.0 Å². The highest BCUT2D eigenvalue weighted by molar-refractivity contribution is 6.00. The molecule has 9 heteroatoms. The highest BCUT2D eigenvalue weighted by Crippen LogP contribution is 2.38. The van der Waals surface area contributed by atoms with E-state index in [0.29, 0.717) is 46.8 Å². The molecule has 2 aromatic carbocycles. The molecule has 0 aliphatic carbocycles. The van der Waals surface area contributed by atoms with E-state index in [-0.39, 0.29) is 5.56 Å². The molecular formula is C23H30N2O7. The van der Waals surface area contributed by atoms with E-state index in [2.05, 4.69) is 24.7 Å². The van der Waals surface area contributed by atoms with Gasteiger partial charge in [-0.3, -0.25) is 20.4 Å². The Bertz CT molecular complexity index is 919. The summed E-state index contributed by atoms with van der Waals surface area (Å²) in [6.45, 7) is 4.77. The number of hydrogen-bond donors (Lipinski definition) is 2. The van der Waals surface area contributed by atoms with Gasteiger partial charge in [-0.15, -0.1) is 0 Å². The molecule has 0 spiro atoms. The van der Waals surface area contributed by atoms with Crippen molar-refractivity contribution in [1.82, 2.24) is 10.9 Å². The third kappa shape index (κ3) is 6.19. The molecule has 0 aliphatic rings. The molecular weight excluding hydrogens is 416 g/mol. The second-order valence-electron chi connectivity index (χ2n) is 7.22. The highest BCUT2D eigenvalue weighted by Gasteiger charge is 2.18. The van der Waals surface area contributed by atoms with Gasteiger partial charge in [0.15, 0.2) is 23.0 Å². The average molecular weight is 447 g/mol. The molecule has 0 aliphatic heterocycles. The predicted octanol–water partition coefficient (Wildman–Crippen LogP) is 3.22. The van der Waals surface area contributed by atoms with Crippen LogP contribution in [0.5, 0.6) is 28.7 Å². The number of hydrazine groups is 1. The van der Waals surface area contributed by atoms with Gasteiger partial charge >= 0.3 is 0 Å². The van der Waals surface area contributed by atoms with E-state index in [1.54, 1.807) is 18.2 Å². The van der Waals surface area contributed by atoms with Crippen molar-refractivity contribution in [2.75, 3.05) is 35.0 Å². The van der Waals surface area contributed by atoms with Crippen molar-refractivity contribution in [2.45, 2.75) is 20.3 Å². The maximum atomic E-state index is 12.5. The van der Waals surface area contributed by atoms with Crippen LogP contribution in [0.2, 0.25) is 0 Å². The first-order valence-electron chi connectivity index (χ1n) is 10.1. The van der Waals surface area contributed by atoms with E-state index in [4.69, 9.17) is 23.7 Å². The lowest BCUT2D eigenvalue weighted by Gasteiger charge is -2.15. The molecule has 2 amide bonds. The summed E-state index contributed by atoms with van der Waals surface area (Å²) in [5, 5.41) is 0. The predicted molar refractivity (Wildman–Crippen MR) is 119 cm³/mol. The first kappa shape index (κ1) is 24.6. The lowest BCUT2D eigenvalue weighted by atomic mass is 10.1. The van der Waals surface area contributed by atoms with E-state index in [1.165, 1.54) is 40.6 Å². The van der Waals surface area contributed by atoms with Crippen molar-refractivity contribution < 1.29 is 33.3 Å². The molecule has 0 aromatic heterocycles. The van der Waals surface area contributed by atoms with Crippen LogP contribution in [0.25, 0.3) is 0 Å². The zero-order valence-corrected chi connectivity index (χ0v) is 19.2. The highest BCUT2D eigenvalue weighted by atomic mass is 16.5. The molecule has 0 saturated heterocycles. The number of rotatable bonds is 10. The fourth-order valence-electron chi connectivity index (χ4n) is 2.80. The van der Waals surface area contributed by atoms with Crippen LogP contribution in [0.1, 0.15) is 41.0 Å². The summed E-state index contributed by atoms with van der Waals surface area (Å²) in [5.74, 6) is 1.42. The van der Waals surface area contributed by atoms with Gasteiger partial charge in [0.1, 0.15) is 0 Å². The third-order valence-corrected chi connectivity index (χ3v) is 4.60. The summed E-state index contributed by atoms with van der Waals surface area (Å²) in [6, 6.07) is 7.76. The Morgan fingerprint density at radius 1 is 0.750 bits per heavy atom. The lowest BCUT2D eigenvalue weighted by Crippen LogP contribution is -2.41. The Labute approximate surface area is 187 Å². The average Bonchev–Trinajstić information content (AvgIpc) is 2.80. The van der Waals surface area contributed by atoms with Gasteiger partial charge in [0.2, 0.25) is 5.75 Å². The molecule has 174 valence electrons. The van der Waals surface area contributed by atoms with Crippen LogP contribution < -0.4 is 34.5 Å².